The first-order valence-electron chi connectivity index (χ1n) is 8.49. The van der Waals surface area contributed by atoms with Crippen LogP contribution >= 0.6 is 0 Å². The van der Waals surface area contributed by atoms with Crippen LogP contribution in [0.1, 0.15) is 12.0 Å². The number of fused-ring (bicyclic) bond motifs is 1. The number of amides is 2. The monoisotopic (exact) mass is 328 g/mol. The smallest absolute Gasteiger partial charge is 0.221 e. The molecule has 2 N–H and O–H groups in total. The molecule has 1 aliphatic rings. The van der Waals surface area contributed by atoms with Gasteiger partial charge in [-0.15, -0.1) is 0 Å². The third-order valence-corrected chi connectivity index (χ3v) is 4.60. The molecule has 1 fully saturated rings. The lowest BCUT2D eigenvalue weighted by molar-refractivity contribution is -0.122. The summed E-state index contributed by atoms with van der Waals surface area (Å²) < 4.78 is 0. The molecule has 1 aromatic carbocycles. The molecule has 6 nitrogen and oxygen atoms in total. The second-order valence-electron chi connectivity index (χ2n) is 6.19. The van der Waals surface area contributed by atoms with Gasteiger partial charge in [-0.25, -0.2) is 0 Å². The lowest BCUT2D eigenvalue weighted by Crippen LogP contribution is -2.46. The number of hydrogen-bond donors (Lipinski definition) is 2. The van der Waals surface area contributed by atoms with E-state index in [1.165, 1.54) is 10.9 Å². The fraction of sp³-hybridized carbons (Fsp3) is 0.444. The van der Waals surface area contributed by atoms with Crippen LogP contribution in [0.2, 0.25) is 0 Å². The number of para-hydroxylation sites is 1. The molecule has 24 heavy (non-hydrogen) atoms. The van der Waals surface area contributed by atoms with Crippen molar-refractivity contribution in [2.45, 2.75) is 12.8 Å². The number of piperazine rings is 1. The van der Waals surface area contributed by atoms with Crippen molar-refractivity contribution in [1.82, 2.24) is 20.1 Å². The fourth-order valence-electron chi connectivity index (χ4n) is 3.12. The lowest BCUT2D eigenvalue weighted by atomic mass is 10.1. The summed E-state index contributed by atoms with van der Waals surface area (Å²) >= 11 is 0. The SMILES string of the molecule is O=CN1CCN(CCC(=O)NCCc2c[nH]c3ccccc23)CC1. The van der Waals surface area contributed by atoms with Crippen LogP contribution in [-0.2, 0) is 16.0 Å². The molecule has 2 aromatic rings. The van der Waals surface area contributed by atoms with Gasteiger partial charge >= 0.3 is 0 Å². The molecule has 1 aliphatic heterocycles. The molecule has 3 rings (SSSR count). The number of rotatable bonds is 7. The predicted molar refractivity (Wildman–Crippen MR) is 93.7 cm³/mol. The summed E-state index contributed by atoms with van der Waals surface area (Å²) in [6, 6.07) is 8.20. The van der Waals surface area contributed by atoms with E-state index in [4.69, 9.17) is 0 Å². The average Bonchev–Trinajstić information content (AvgIpc) is 3.04. The molecule has 128 valence electrons. The van der Waals surface area contributed by atoms with E-state index in [2.05, 4.69) is 27.3 Å². The van der Waals surface area contributed by atoms with E-state index in [0.29, 0.717) is 13.0 Å². The molecule has 0 atom stereocenters. The highest BCUT2D eigenvalue weighted by Crippen LogP contribution is 2.17. The topological polar surface area (TPSA) is 68.4 Å². The Hall–Kier alpha value is -2.34. The molecule has 6 heteroatoms. The number of nitrogens with zero attached hydrogens (tertiary/aromatic N) is 2. The molecular formula is C18H24N4O2. The molecule has 1 saturated heterocycles. The fourth-order valence-corrected chi connectivity index (χ4v) is 3.12. The minimum atomic E-state index is 0.0904. The highest BCUT2D eigenvalue weighted by atomic mass is 16.1. The van der Waals surface area contributed by atoms with Crippen LogP contribution in [0.3, 0.4) is 0 Å². The van der Waals surface area contributed by atoms with E-state index in [0.717, 1.165) is 51.1 Å². The second-order valence-corrected chi connectivity index (χ2v) is 6.19. The van der Waals surface area contributed by atoms with Crippen molar-refractivity contribution >= 4 is 23.2 Å². The number of carbonyl (C=O) groups excluding carboxylic acids is 2. The summed E-state index contributed by atoms with van der Waals surface area (Å²) in [6.07, 6.45) is 4.25. The van der Waals surface area contributed by atoms with Crippen LogP contribution in [0.15, 0.2) is 30.5 Å². The quantitative estimate of drug-likeness (QED) is 0.745. The van der Waals surface area contributed by atoms with Crippen molar-refractivity contribution < 1.29 is 9.59 Å². The van der Waals surface area contributed by atoms with Crippen molar-refractivity contribution in [2.24, 2.45) is 0 Å². The zero-order valence-corrected chi connectivity index (χ0v) is 13.8. The van der Waals surface area contributed by atoms with Gasteiger partial charge in [0.15, 0.2) is 0 Å². The Morgan fingerprint density at radius 2 is 2.00 bits per heavy atom. The molecule has 2 amide bonds. The van der Waals surface area contributed by atoms with E-state index in [9.17, 15) is 9.59 Å². The number of aromatic nitrogens is 1. The van der Waals surface area contributed by atoms with Crippen LogP contribution in [0.25, 0.3) is 10.9 Å². The average molecular weight is 328 g/mol. The standard InChI is InChI=1S/C18H24N4O2/c23-14-22-11-9-21(10-12-22)8-6-18(24)19-7-5-15-13-20-17-4-2-1-3-16(15)17/h1-4,13-14,20H,5-12H2,(H,19,24). The highest BCUT2D eigenvalue weighted by molar-refractivity contribution is 5.83. The summed E-state index contributed by atoms with van der Waals surface area (Å²) in [4.78, 5) is 29.9. The number of nitrogens with one attached hydrogen (secondary N) is 2. The van der Waals surface area contributed by atoms with E-state index >= 15 is 0 Å². The van der Waals surface area contributed by atoms with Gasteiger partial charge in [-0.05, 0) is 18.1 Å². The number of hydrogen-bond acceptors (Lipinski definition) is 3. The van der Waals surface area contributed by atoms with Crippen molar-refractivity contribution in [1.29, 1.82) is 0 Å². The Morgan fingerprint density at radius 3 is 2.79 bits per heavy atom. The summed E-state index contributed by atoms with van der Waals surface area (Å²) in [5, 5.41) is 4.22. The summed E-state index contributed by atoms with van der Waals surface area (Å²) in [6.45, 7) is 4.62. The number of aromatic amines is 1. The first-order chi connectivity index (χ1) is 11.8. The molecule has 0 bridgehead atoms. The van der Waals surface area contributed by atoms with Crippen molar-refractivity contribution in [3.63, 3.8) is 0 Å². The first-order valence-corrected chi connectivity index (χ1v) is 8.49. The van der Waals surface area contributed by atoms with Gasteiger partial charge in [0.1, 0.15) is 0 Å². The van der Waals surface area contributed by atoms with Gasteiger partial charge in [-0.3, -0.25) is 14.5 Å². The maximum Gasteiger partial charge on any atom is 0.221 e. The maximum atomic E-state index is 12.0. The Kier molecular flexibility index (Phi) is 5.48. The Bertz CT molecular complexity index is 689. The zero-order valence-electron chi connectivity index (χ0n) is 13.8. The molecule has 0 radical (unpaired) electrons. The highest BCUT2D eigenvalue weighted by Gasteiger charge is 2.15. The van der Waals surface area contributed by atoms with E-state index in [-0.39, 0.29) is 5.91 Å². The zero-order chi connectivity index (χ0) is 16.8. The molecule has 0 unspecified atom stereocenters. The normalized spacial score (nSPS) is 15.6. The van der Waals surface area contributed by atoms with E-state index in [1.807, 2.05) is 18.3 Å². The largest absolute Gasteiger partial charge is 0.361 e. The molecule has 0 saturated carbocycles. The van der Waals surface area contributed by atoms with Crippen molar-refractivity contribution in [3.8, 4) is 0 Å². The number of carbonyl (C=O) groups is 2. The molecule has 0 aliphatic carbocycles. The number of benzene rings is 1. The predicted octanol–water partition coefficient (Wildman–Crippen LogP) is 0.991. The second kappa shape index (κ2) is 7.97. The third-order valence-electron chi connectivity index (χ3n) is 4.60. The Labute approximate surface area is 141 Å². The van der Waals surface area contributed by atoms with Crippen molar-refractivity contribution in [2.75, 3.05) is 39.3 Å². The molecule has 0 spiro atoms. The Morgan fingerprint density at radius 1 is 1.21 bits per heavy atom. The maximum absolute atomic E-state index is 12.0. The van der Waals surface area contributed by atoms with Gasteiger partial charge in [-0.1, -0.05) is 18.2 Å². The lowest BCUT2D eigenvalue weighted by Gasteiger charge is -2.32. The number of H-pyrrole nitrogens is 1. The van der Waals surface area contributed by atoms with Crippen molar-refractivity contribution in [3.05, 3.63) is 36.0 Å². The van der Waals surface area contributed by atoms with Crippen LogP contribution in [0, 0.1) is 0 Å². The molecule has 1 aromatic heterocycles. The van der Waals surface area contributed by atoms with E-state index in [1.54, 1.807) is 4.90 Å². The Balaban J connectivity index is 1.36. The van der Waals surface area contributed by atoms with Crippen LogP contribution in [-0.4, -0.2) is 66.4 Å². The van der Waals surface area contributed by atoms with Crippen LogP contribution in [0.5, 0.6) is 0 Å². The van der Waals surface area contributed by atoms with E-state index < -0.39 is 0 Å². The van der Waals surface area contributed by atoms with Gasteiger partial charge < -0.3 is 15.2 Å². The van der Waals surface area contributed by atoms with Crippen LogP contribution < -0.4 is 5.32 Å². The third kappa shape index (κ3) is 4.14. The minimum Gasteiger partial charge on any atom is -0.361 e. The summed E-state index contributed by atoms with van der Waals surface area (Å²) in [5.74, 6) is 0.0904. The first kappa shape index (κ1) is 16.5. The van der Waals surface area contributed by atoms with Gasteiger partial charge in [0, 0.05) is 62.8 Å². The van der Waals surface area contributed by atoms with Gasteiger partial charge in [0.05, 0.1) is 0 Å². The molecule has 2 heterocycles. The van der Waals surface area contributed by atoms with Gasteiger partial charge in [-0.2, -0.15) is 0 Å². The molecular weight excluding hydrogens is 304 g/mol. The van der Waals surface area contributed by atoms with Gasteiger partial charge in [0.25, 0.3) is 0 Å². The minimum absolute atomic E-state index is 0.0904. The summed E-state index contributed by atoms with van der Waals surface area (Å²) in [7, 11) is 0. The summed E-state index contributed by atoms with van der Waals surface area (Å²) in [5.41, 5.74) is 2.36. The van der Waals surface area contributed by atoms with Gasteiger partial charge in [0.2, 0.25) is 12.3 Å². The van der Waals surface area contributed by atoms with Crippen LogP contribution in [0.4, 0.5) is 0 Å².